The van der Waals surface area contributed by atoms with Gasteiger partial charge in [-0.25, -0.2) is 9.59 Å². The predicted molar refractivity (Wildman–Crippen MR) is 113 cm³/mol. The maximum Gasteiger partial charge on any atom is 0.410 e. The standard InChI is InChI=1S/C20H26BrNO7S/c1-5-27-18(23)11-8-15-12-16(13-22(15)19(24)28-20(2,3)4)29-30(25,26)17-9-6-14(21)7-10-17/h6-11,15-16H,5,12-13H2,1-4H3/b11-8+/t15-,16-/m1/s1. The monoisotopic (exact) mass is 503 g/mol. The van der Waals surface area contributed by atoms with Crippen LogP contribution in [0.1, 0.15) is 34.1 Å². The molecular weight excluding hydrogens is 478 g/mol. The van der Waals surface area contributed by atoms with Crippen molar-refractivity contribution in [1.29, 1.82) is 0 Å². The van der Waals surface area contributed by atoms with Gasteiger partial charge in [0.25, 0.3) is 10.1 Å². The van der Waals surface area contributed by atoms with Crippen LogP contribution < -0.4 is 0 Å². The number of nitrogens with zero attached hydrogens (tertiary/aromatic N) is 1. The minimum absolute atomic E-state index is 0.00248. The number of likely N-dealkylation sites (tertiary alicyclic amines) is 1. The van der Waals surface area contributed by atoms with E-state index in [1.54, 1.807) is 39.8 Å². The molecule has 166 valence electrons. The molecule has 1 amide bonds. The Balaban J connectivity index is 2.18. The molecule has 8 nitrogen and oxygen atoms in total. The molecule has 0 N–H and O–H groups in total. The van der Waals surface area contributed by atoms with E-state index in [4.69, 9.17) is 13.7 Å². The van der Waals surface area contributed by atoms with Crippen molar-refractivity contribution in [3.8, 4) is 0 Å². The number of rotatable bonds is 6. The third kappa shape index (κ3) is 7.10. The van der Waals surface area contributed by atoms with Gasteiger partial charge in [-0.1, -0.05) is 22.0 Å². The zero-order chi connectivity index (χ0) is 22.5. The molecule has 0 saturated carbocycles. The molecule has 1 aliphatic rings. The average Bonchev–Trinajstić information content (AvgIpc) is 3.01. The van der Waals surface area contributed by atoms with Crippen LogP contribution in [0.3, 0.4) is 0 Å². The van der Waals surface area contributed by atoms with E-state index in [0.717, 1.165) is 4.47 Å². The molecule has 10 heteroatoms. The minimum Gasteiger partial charge on any atom is -0.463 e. The molecule has 0 unspecified atom stereocenters. The highest BCUT2D eigenvalue weighted by Gasteiger charge is 2.39. The quantitative estimate of drug-likeness (QED) is 0.331. The van der Waals surface area contributed by atoms with Crippen LogP contribution in [0.4, 0.5) is 4.79 Å². The lowest BCUT2D eigenvalue weighted by Gasteiger charge is -2.27. The Morgan fingerprint density at radius 3 is 2.43 bits per heavy atom. The van der Waals surface area contributed by atoms with Crippen LogP contribution in [0.2, 0.25) is 0 Å². The molecule has 0 aliphatic carbocycles. The molecule has 30 heavy (non-hydrogen) atoms. The number of carbonyl (C=O) groups excluding carboxylic acids is 2. The maximum absolute atomic E-state index is 12.6. The van der Waals surface area contributed by atoms with Crippen LogP contribution >= 0.6 is 15.9 Å². The smallest absolute Gasteiger partial charge is 0.410 e. The lowest BCUT2D eigenvalue weighted by molar-refractivity contribution is -0.137. The summed E-state index contributed by atoms with van der Waals surface area (Å²) in [5, 5.41) is 0. The molecule has 1 aromatic carbocycles. The first-order valence-corrected chi connectivity index (χ1v) is 11.6. The summed E-state index contributed by atoms with van der Waals surface area (Å²) in [6.07, 6.45) is 1.50. The second kappa shape index (κ2) is 9.93. The van der Waals surface area contributed by atoms with E-state index < -0.39 is 39.9 Å². The Morgan fingerprint density at radius 2 is 1.87 bits per heavy atom. The van der Waals surface area contributed by atoms with Crippen molar-refractivity contribution in [3.05, 3.63) is 40.9 Å². The fraction of sp³-hybridized carbons (Fsp3) is 0.500. The second-order valence-corrected chi connectivity index (χ2v) is 10.2. The van der Waals surface area contributed by atoms with Gasteiger partial charge in [-0.3, -0.25) is 9.08 Å². The van der Waals surface area contributed by atoms with Crippen LogP contribution in [0.25, 0.3) is 0 Å². The number of ether oxygens (including phenoxy) is 2. The van der Waals surface area contributed by atoms with Gasteiger partial charge in [-0.15, -0.1) is 0 Å². The number of halogens is 1. The molecular formula is C20H26BrNO7S. The van der Waals surface area contributed by atoms with Crippen LogP contribution in [0.15, 0.2) is 45.8 Å². The van der Waals surface area contributed by atoms with E-state index >= 15 is 0 Å². The minimum atomic E-state index is -4.02. The molecule has 2 atom stereocenters. The van der Waals surface area contributed by atoms with Gasteiger partial charge in [0.2, 0.25) is 0 Å². The van der Waals surface area contributed by atoms with Crippen molar-refractivity contribution >= 4 is 38.1 Å². The highest BCUT2D eigenvalue weighted by atomic mass is 79.9. The first-order chi connectivity index (χ1) is 13.9. The highest BCUT2D eigenvalue weighted by molar-refractivity contribution is 9.10. The van der Waals surface area contributed by atoms with Gasteiger partial charge in [0.1, 0.15) is 5.60 Å². The molecule has 0 spiro atoms. The first kappa shape index (κ1) is 24.4. The summed E-state index contributed by atoms with van der Waals surface area (Å²) in [5.41, 5.74) is -0.727. The predicted octanol–water partition coefficient (Wildman–Crippen LogP) is 3.65. The van der Waals surface area contributed by atoms with E-state index in [1.165, 1.54) is 29.2 Å². The van der Waals surface area contributed by atoms with Crippen molar-refractivity contribution in [1.82, 2.24) is 4.90 Å². The molecule has 1 saturated heterocycles. The molecule has 0 bridgehead atoms. The van der Waals surface area contributed by atoms with Crippen LogP contribution in [0.5, 0.6) is 0 Å². The Kier molecular flexibility index (Phi) is 8.06. The normalized spacial score (nSPS) is 19.8. The molecule has 1 heterocycles. The molecule has 2 rings (SSSR count). The van der Waals surface area contributed by atoms with E-state index in [0.29, 0.717) is 0 Å². The van der Waals surface area contributed by atoms with Crippen LogP contribution in [0, 0.1) is 0 Å². The Bertz CT molecular complexity index is 891. The maximum atomic E-state index is 12.6. The summed E-state index contributed by atoms with van der Waals surface area (Å²) < 4.78 is 41.6. The number of carbonyl (C=O) groups is 2. The third-order valence-electron chi connectivity index (χ3n) is 4.04. The summed E-state index contributed by atoms with van der Waals surface area (Å²) in [7, 11) is -4.02. The number of hydrogen-bond acceptors (Lipinski definition) is 7. The molecule has 0 radical (unpaired) electrons. The Hall–Kier alpha value is -1.91. The summed E-state index contributed by atoms with van der Waals surface area (Å²) in [6, 6.07) is 5.48. The van der Waals surface area contributed by atoms with Crippen molar-refractivity contribution < 1.29 is 31.7 Å². The number of esters is 1. The Labute approximate surface area is 185 Å². The Morgan fingerprint density at radius 1 is 1.23 bits per heavy atom. The SMILES string of the molecule is CCOC(=O)/C=C/[C@@H]1C[C@@H](OS(=O)(=O)c2ccc(Br)cc2)CN1C(=O)OC(C)(C)C. The summed E-state index contributed by atoms with van der Waals surface area (Å²) in [6.45, 7) is 7.11. The van der Waals surface area contributed by atoms with Crippen LogP contribution in [-0.2, 0) is 28.6 Å². The van der Waals surface area contributed by atoms with Crippen molar-refractivity contribution in [2.45, 2.75) is 56.8 Å². The first-order valence-electron chi connectivity index (χ1n) is 9.44. The van der Waals surface area contributed by atoms with Gasteiger partial charge in [-0.2, -0.15) is 8.42 Å². The van der Waals surface area contributed by atoms with Crippen molar-refractivity contribution in [2.24, 2.45) is 0 Å². The largest absolute Gasteiger partial charge is 0.463 e. The van der Waals surface area contributed by atoms with E-state index in [1.807, 2.05) is 0 Å². The van der Waals surface area contributed by atoms with Gasteiger partial charge in [0.15, 0.2) is 0 Å². The third-order valence-corrected chi connectivity index (χ3v) is 5.94. The van der Waals surface area contributed by atoms with Gasteiger partial charge < -0.3 is 9.47 Å². The summed E-state index contributed by atoms with van der Waals surface area (Å²) in [4.78, 5) is 25.6. The van der Waals surface area contributed by atoms with E-state index in [-0.39, 0.29) is 24.5 Å². The van der Waals surface area contributed by atoms with Gasteiger partial charge in [0, 0.05) is 17.0 Å². The fourth-order valence-corrected chi connectivity index (χ4v) is 4.17. The summed E-state index contributed by atoms with van der Waals surface area (Å²) >= 11 is 3.26. The number of amides is 1. The van der Waals surface area contributed by atoms with Crippen molar-refractivity contribution in [2.75, 3.05) is 13.2 Å². The van der Waals surface area contributed by atoms with Gasteiger partial charge in [0.05, 0.1) is 30.2 Å². The highest BCUT2D eigenvalue weighted by Crippen LogP contribution is 2.27. The lowest BCUT2D eigenvalue weighted by Crippen LogP contribution is -2.39. The van der Waals surface area contributed by atoms with Gasteiger partial charge in [-0.05, 0) is 52.0 Å². The molecule has 1 fully saturated rings. The van der Waals surface area contributed by atoms with E-state index in [2.05, 4.69) is 15.9 Å². The lowest BCUT2D eigenvalue weighted by atomic mass is 10.2. The van der Waals surface area contributed by atoms with Gasteiger partial charge >= 0.3 is 12.1 Å². The van der Waals surface area contributed by atoms with Crippen LogP contribution in [-0.4, -0.2) is 56.3 Å². The number of hydrogen-bond donors (Lipinski definition) is 0. The fourth-order valence-electron chi connectivity index (χ4n) is 2.82. The average molecular weight is 504 g/mol. The molecule has 1 aliphatic heterocycles. The molecule has 1 aromatic rings. The van der Waals surface area contributed by atoms with E-state index in [9.17, 15) is 18.0 Å². The number of benzene rings is 1. The molecule has 0 aromatic heterocycles. The second-order valence-electron chi connectivity index (χ2n) is 7.67. The summed E-state index contributed by atoms with van der Waals surface area (Å²) in [5.74, 6) is -0.548. The van der Waals surface area contributed by atoms with Crippen molar-refractivity contribution in [3.63, 3.8) is 0 Å². The zero-order valence-corrected chi connectivity index (χ0v) is 19.7. The zero-order valence-electron chi connectivity index (χ0n) is 17.3. The topological polar surface area (TPSA) is 99.2 Å².